The summed E-state index contributed by atoms with van der Waals surface area (Å²) in [6.07, 6.45) is 3.99. The molecule has 2 bridgehead atoms. The van der Waals surface area contributed by atoms with Crippen LogP contribution in [0.5, 0.6) is 0 Å². The van der Waals surface area contributed by atoms with Crippen LogP contribution in [0.25, 0.3) is 11.3 Å². The van der Waals surface area contributed by atoms with E-state index in [2.05, 4.69) is 10.6 Å². The number of furan rings is 1. The first-order chi connectivity index (χ1) is 15.5. The fourth-order valence-corrected chi connectivity index (χ4v) is 4.57. The number of nitrogens with zero attached hydrogens (tertiary/aromatic N) is 2. The van der Waals surface area contributed by atoms with Crippen LogP contribution in [0, 0.1) is 24.2 Å². The van der Waals surface area contributed by atoms with Crippen molar-refractivity contribution < 1.29 is 14.0 Å². The molecule has 3 unspecified atom stereocenters. The summed E-state index contributed by atoms with van der Waals surface area (Å²) in [5.74, 6) is 2.38. The predicted octanol–water partition coefficient (Wildman–Crippen LogP) is 4.20. The van der Waals surface area contributed by atoms with Gasteiger partial charge in [-0.2, -0.15) is 5.26 Å². The molecule has 1 aromatic heterocycles. The Morgan fingerprint density at radius 3 is 2.61 bits per heavy atom. The molecule has 2 amide bonds. The first-order valence-electron chi connectivity index (χ1n) is 11.3. The number of carbonyl (C=O) groups is 2. The molecular weight excluding hydrogens is 416 g/mol. The van der Waals surface area contributed by atoms with Crippen molar-refractivity contribution in [1.82, 2.24) is 10.6 Å². The molecule has 2 aliphatic heterocycles. The van der Waals surface area contributed by atoms with E-state index in [4.69, 9.17) is 9.68 Å². The number of nitriles is 1. The van der Waals surface area contributed by atoms with Crippen molar-refractivity contribution in [3.05, 3.63) is 41.7 Å². The Balaban J connectivity index is 0.000000218. The van der Waals surface area contributed by atoms with Gasteiger partial charge in [-0.3, -0.25) is 9.59 Å². The summed E-state index contributed by atoms with van der Waals surface area (Å²) in [5, 5.41) is 14.2. The summed E-state index contributed by atoms with van der Waals surface area (Å²) in [5.41, 5.74) is 3.09. The second-order valence-corrected chi connectivity index (χ2v) is 8.17. The van der Waals surface area contributed by atoms with E-state index in [1.165, 1.54) is 6.42 Å². The minimum absolute atomic E-state index is 0. The maximum Gasteiger partial charge on any atom is 0.238 e. The van der Waals surface area contributed by atoms with Crippen molar-refractivity contribution in [2.45, 2.75) is 66.0 Å². The van der Waals surface area contributed by atoms with E-state index in [9.17, 15) is 9.59 Å². The number of hydrogen-bond donors (Lipinski definition) is 2. The minimum atomic E-state index is -0.0351. The Labute approximate surface area is 197 Å². The Morgan fingerprint density at radius 1 is 1.27 bits per heavy atom. The Hall–Kier alpha value is -3.11. The average Bonchev–Trinajstić information content (AvgIpc) is 3.60. The van der Waals surface area contributed by atoms with E-state index < -0.39 is 0 Å². The number of fused-ring (bicyclic) bond motifs is 3. The highest BCUT2D eigenvalue weighted by Crippen LogP contribution is 2.35. The van der Waals surface area contributed by atoms with Gasteiger partial charge >= 0.3 is 0 Å². The average molecular weight is 453 g/mol. The van der Waals surface area contributed by atoms with Crippen molar-refractivity contribution in [3.63, 3.8) is 0 Å². The van der Waals surface area contributed by atoms with Crippen LogP contribution >= 0.6 is 0 Å². The van der Waals surface area contributed by atoms with Crippen molar-refractivity contribution in [2.75, 3.05) is 18.5 Å². The second-order valence-electron chi connectivity index (χ2n) is 8.17. The summed E-state index contributed by atoms with van der Waals surface area (Å²) in [4.78, 5) is 24.8. The van der Waals surface area contributed by atoms with Crippen molar-refractivity contribution in [3.8, 4) is 17.4 Å². The van der Waals surface area contributed by atoms with Crippen LogP contribution in [0.3, 0.4) is 0 Å². The number of rotatable bonds is 3. The molecular formula is C26H36N4O3. The van der Waals surface area contributed by atoms with Gasteiger partial charge in [0.25, 0.3) is 0 Å². The third-order valence-electron chi connectivity index (χ3n) is 6.17. The van der Waals surface area contributed by atoms with Gasteiger partial charge in [0, 0.05) is 24.3 Å². The lowest BCUT2D eigenvalue weighted by Crippen LogP contribution is -2.47. The van der Waals surface area contributed by atoms with Gasteiger partial charge in [0.1, 0.15) is 18.1 Å². The Bertz CT molecular complexity index is 1010. The summed E-state index contributed by atoms with van der Waals surface area (Å²) in [6.45, 7) is 6.04. The van der Waals surface area contributed by atoms with Crippen molar-refractivity contribution in [1.29, 1.82) is 5.26 Å². The minimum Gasteiger partial charge on any atom is -0.461 e. The second kappa shape index (κ2) is 11.7. The molecule has 2 N–H and O–H groups in total. The molecule has 0 spiro atoms. The quantitative estimate of drug-likeness (QED) is 0.680. The van der Waals surface area contributed by atoms with Gasteiger partial charge in [-0.15, -0.1) is 0 Å². The van der Waals surface area contributed by atoms with Gasteiger partial charge in [-0.25, -0.2) is 0 Å². The number of amides is 2. The summed E-state index contributed by atoms with van der Waals surface area (Å²) < 4.78 is 5.59. The molecule has 1 aromatic carbocycles. The molecule has 7 nitrogen and oxygen atoms in total. The van der Waals surface area contributed by atoms with Gasteiger partial charge in [-0.1, -0.05) is 33.4 Å². The van der Waals surface area contributed by atoms with E-state index in [1.807, 2.05) is 64.2 Å². The Kier molecular flexibility index (Phi) is 9.24. The molecule has 1 saturated carbocycles. The van der Waals surface area contributed by atoms with Crippen LogP contribution in [-0.4, -0.2) is 37.5 Å². The number of nitrogens with one attached hydrogen (secondary N) is 2. The molecule has 3 heterocycles. The number of benzene rings is 1. The zero-order valence-corrected chi connectivity index (χ0v) is 19.3. The molecule has 7 heteroatoms. The fraction of sp³-hybridized carbons (Fsp3) is 0.500. The molecule has 178 valence electrons. The topological polar surface area (TPSA) is 98.4 Å². The monoisotopic (exact) mass is 452 g/mol. The van der Waals surface area contributed by atoms with Gasteiger partial charge < -0.3 is 20.0 Å². The zero-order valence-electron chi connectivity index (χ0n) is 19.3. The number of hydrogen-bond acceptors (Lipinski definition) is 5. The SMILES string of the molecule is C.CC.Cc1ccc(-c2ccc3c(c2)N(C)C(=O)C3)o1.N#CCNC(=O)C1NC2CCC1C2. The zero-order chi connectivity index (χ0) is 23.3. The number of carbonyl (C=O) groups excluding carboxylic acids is 2. The molecule has 1 aliphatic carbocycles. The standard InChI is InChI=1S/C14H13NO2.C9H13N3O.C2H6.CH4/c1-9-3-6-13(17-9)11-5-4-10-8-14(16)15(2)12(10)7-11;10-3-4-11-9(13)8-6-1-2-7(5-6)12-8;1-2;/h3-7H,8H2,1-2H3;6-8,12H,1-2,4-5H2,(H,11,13);1-2H3;1H4. The van der Waals surface area contributed by atoms with Gasteiger partial charge in [0.05, 0.1) is 18.5 Å². The maximum atomic E-state index is 11.6. The maximum absolute atomic E-state index is 11.6. The largest absolute Gasteiger partial charge is 0.461 e. The van der Waals surface area contributed by atoms with Gasteiger partial charge in [-0.05, 0) is 55.9 Å². The fourth-order valence-electron chi connectivity index (χ4n) is 4.57. The molecule has 2 aromatic rings. The summed E-state index contributed by atoms with van der Waals surface area (Å²) >= 11 is 0. The van der Waals surface area contributed by atoms with Gasteiger partial charge in [0.15, 0.2) is 0 Å². The Morgan fingerprint density at radius 2 is 2.03 bits per heavy atom. The van der Waals surface area contributed by atoms with E-state index in [0.717, 1.165) is 41.2 Å². The number of anilines is 1. The van der Waals surface area contributed by atoms with Crippen LogP contribution in [-0.2, 0) is 16.0 Å². The third kappa shape index (κ3) is 5.82. The lowest BCUT2D eigenvalue weighted by Gasteiger charge is -2.21. The smallest absolute Gasteiger partial charge is 0.238 e. The number of piperidine rings is 1. The molecule has 33 heavy (non-hydrogen) atoms. The van der Waals surface area contributed by atoms with Crippen LogP contribution < -0.4 is 15.5 Å². The molecule has 2 fully saturated rings. The molecule has 5 rings (SSSR count). The number of likely N-dealkylation sites (N-methyl/N-ethyl adjacent to an activating group) is 1. The normalized spacial score (nSPS) is 21.6. The van der Waals surface area contributed by atoms with Crippen LogP contribution in [0.4, 0.5) is 5.69 Å². The van der Waals surface area contributed by atoms with Crippen LogP contribution in [0.2, 0.25) is 0 Å². The van der Waals surface area contributed by atoms with E-state index >= 15 is 0 Å². The lowest BCUT2D eigenvalue weighted by atomic mass is 9.99. The van der Waals surface area contributed by atoms with E-state index in [1.54, 1.807) is 4.90 Å². The first-order valence-corrected chi connectivity index (χ1v) is 11.3. The van der Waals surface area contributed by atoms with Crippen molar-refractivity contribution in [2.24, 2.45) is 5.92 Å². The molecule has 0 radical (unpaired) electrons. The van der Waals surface area contributed by atoms with E-state index in [0.29, 0.717) is 18.4 Å². The third-order valence-corrected chi connectivity index (χ3v) is 6.17. The predicted molar refractivity (Wildman–Crippen MR) is 131 cm³/mol. The number of aryl methyl sites for hydroxylation is 1. The highest BCUT2D eigenvalue weighted by Gasteiger charge is 2.42. The highest BCUT2D eigenvalue weighted by molar-refractivity contribution is 6.01. The van der Waals surface area contributed by atoms with Crippen molar-refractivity contribution >= 4 is 17.5 Å². The van der Waals surface area contributed by atoms with Crippen LogP contribution in [0.1, 0.15) is 51.9 Å². The van der Waals surface area contributed by atoms with Crippen LogP contribution in [0.15, 0.2) is 34.7 Å². The first kappa shape index (κ1) is 26.1. The molecule has 3 atom stereocenters. The van der Waals surface area contributed by atoms with Gasteiger partial charge in [0.2, 0.25) is 11.8 Å². The lowest BCUT2D eigenvalue weighted by molar-refractivity contribution is -0.123. The summed E-state index contributed by atoms with van der Waals surface area (Å²) in [6, 6.07) is 12.3. The van der Waals surface area contributed by atoms with E-state index in [-0.39, 0.29) is 31.8 Å². The molecule has 1 saturated heterocycles. The highest BCUT2D eigenvalue weighted by atomic mass is 16.3. The molecule has 3 aliphatic rings. The summed E-state index contributed by atoms with van der Waals surface area (Å²) in [7, 11) is 1.81.